The van der Waals surface area contributed by atoms with Crippen LogP contribution in [0.15, 0.2) is 0 Å². The topological polar surface area (TPSA) is 0 Å². The Balaban J connectivity index is 2.99. The number of rotatable bonds is 1. The molecule has 0 bridgehead atoms. The van der Waals surface area contributed by atoms with E-state index < -0.39 is 5.08 Å². The maximum atomic E-state index is 11.7. The molecular formula is C3H5Br2F. The first-order valence-electron chi connectivity index (χ1n) is 1.57. The number of alkyl halides is 3. The Labute approximate surface area is 53.4 Å². The van der Waals surface area contributed by atoms with Gasteiger partial charge in [-0.15, -0.1) is 0 Å². The predicted octanol–water partition coefficient (Wildman–Crippen LogP) is 2.46. The largest absolute Gasteiger partial charge is 0.234 e. The van der Waals surface area contributed by atoms with Crippen molar-refractivity contribution in [2.24, 2.45) is 0 Å². The molecule has 0 rings (SSSR count). The van der Waals surface area contributed by atoms with Gasteiger partial charge in [0.2, 0.25) is 0 Å². The quantitative estimate of drug-likeness (QED) is 0.595. The summed E-state index contributed by atoms with van der Waals surface area (Å²) in [5.74, 6) is 0. The monoisotopic (exact) mass is 218 g/mol. The molecule has 0 aliphatic heterocycles. The van der Waals surface area contributed by atoms with Gasteiger partial charge in [0.05, 0.1) is 4.83 Å². The van der Waals surface area contributed by atoms with Crippen LogP contribution in [0.5, 0.6) is 0 Å². The van der Waals surface area contributed by atoms with Crippen molar-refractivity contribution < 1.29 is 4.39 Å². The number of hydrogen-bond donors (Lipinski definition) is 0. The van der Waals surface area contributed by atoms with Crippen molar-refractivity contribution in [3.63, 3.8) is 0 Å². The molecule has 0 aliphatic carbocycles. The molecule has 2 atom stereocenters. The van der Waals surface area contributed by atoms with E-state index in [1.54, 1.807) is 6.92 Å². The van der Waals surface area contributed by atoms with Gasteiger partial charge in [-0.05, 0) is 6.92 Å². The first-order chi connectivity index (χ1) is 2.64. The van der Waals surface area contributed by atoms with Crippen LogP contribution >= 0.6 is 31.9 Å². The second-order valence-corrected chi connectivity index (χ2v) is 3.33. The molecule has 0 spiro atoms. The summed E-state index contributed by atoms with van der Waals surface area (Å²) in [6.07, 6.45) is 0. The standard InChI is InChI=1S/C3H5Br2F/c1-2(4)3(5)6/h2-3H,1H3. The summed E-state index contributed by atoms with van der Waals surface area (Å²) in [7, 11) is 0. The van der Waals surface area contributed by atoms with Gasteiger partial charge in [0.25, 0.3) is 0 Å². The van der Waals surface area contributed by atoms with Crippen LogP contribution in [-0.2, 0) is 0 Å². The van der Waals surface area contributed by atoms with Crippen molar-refractivity contribution in [3.8, 4) is 0 Å². The highest BCUT2D eigenvalue weighted by Gasteiger charge is 2.05. The third kappa shape index (κ3) is 3.09. The Morgan fingerprint density at radius 1 is 1.50 bits per heavy atom. The minimum absolute atomic E-state index is 0.0856. The van der Waals surface area contributed by atoms with Gasteiger partial charge in [0.15, 0.2) is 5.08 Å². The lowest BCUT2D eigenvalue weighted by atomic mass is 10.6. The molecule has 0 radical (unpaired) electrons. The van der Waals surface area contributed by atoms with Crippen LogP contribution in [0, 0.1) is 0 Å². The predicted molar refractivity (Wildman–Crippen MR) is 32.2 cm³/mol. The normalized spacial score (nSPS) is 20.0. The van der Waals surface area contributed by atoms with Gasteiger partial charge in [0.1, 0.15) is 0 Å². The fraction of sp³-hybridized carbons (Fsp3) is 1.00. The third-order valence-electron chi connectivity index (χ3n) is 0.347. The first kappa shape index (κ1) is 6.89. The number of halogens is 3. The molecule has 0 heterocycles. The molecule has 6 heavy (non-hydrogen) atoms. The van der Waals surface area contributed by atoms with Crippen LogP contribution in [0.25, 0.3) is 0 Å². The lowest BCUT2D eigenvalue weighted by molar-refractivity contribution is 0.463. The molecule has 38 valence electrons. The van der Waals surface area contributed by atoms with Crippen LogP contribution in [0.3, 0.4) is 0 Å². The summed E-state index contributed by atoms with van der Waals surface area (Å²) < 4.78 is 11.7. The molecule has 0 aromatic rings. The zero-order valence-electron chi connectivity index (χ0n) is 3.29. The van der Waals surface area contributed by atoms with E-state index in [4.69, 9.17) is 0 Å². The highest BCUT2D eigenvalue weighted by atomic mass is 79.9. The van der Waals surface area contributed by atoms with E-state index in [0.717, 1.165) is 0 Å². The van der Waals surface area contributed by atoms with Crippen molar-refractivity contribution in [2.75, 3.05) is 0 Å². The fourth-order valence-electron chi connectivity index (χ4n) is 0. The molecule has 0 saturated carbocycles. The number of hydrogen-bond acceptors (Lipinski definition) is 0. The average Bonchev–Trinajstić information content (AvgIpc) is 1.36. The molecule has 0 amide bonds. The lowest BCUT2D eigenvalue weighted by Crippen LogP contribution is -2.00. The Kier molecular flexibility index (Phi) is 3.41. The maximum absolute atomic E-state index is 11.7. The van der Waals surface area contributed by atoms with E-state index in [1.807, 2.05) is 0 Å². The van der Waals surface area contributed by atoms with Gasteiger partial charge in [-0.25, -0.2) is 4.39 Å². The lowest BCUT2D eigenvalue weighted by Gasteiger charge is -1.97. The summed E-state index contributed by atoms with van der Waals surface area (Å²) in [5.41, 5.74) is 0. The molecule has 3 heteroatoms. The molecule has 0 aromatic carbocycles. The van der Waals surface area contributed by atoms with Crippen molar-refractivity contribution in [1.82, 2.24) is 0 Å². The van der Waals surface area contributed by atoms with Crippen LogP contribution in [0.2, 0.25) is 0 Å². The smallest absolute Gasteiger partial charge is 0.167 e. The summed E-state index contributed by atoms with van der Waals surface area (Å²) in [6.45, 7) is 1.74. The zero-order valence-corrected chi connectivity index (χ0v) is 6.46. The second kappa shape index (κ2) is 2.97. The minimum Gasteiger partial charge on any atom is -0.234 e. The molecule has 0 aromatic heterocycles. The Morgan fingerprint density at radius 3 is 1.67 bits per heavy atom. The van der Waals surface area contributed by atoms with Crippen LogP contribution < -0.4 is 0 Å². The van der Waals surface area contributed by atoms with Crippen molar-refractivity contribution >= 4 is 31.9 Å². The van der Waals surface area contributed by atoms with Crippen LogP contribution in [0.1, 0.15) is 6.92 Å². The van der Waals surface area contributed by atoms with E-state index in [1.165, 1.54) is 0 Å². The summed E-state index contributed by atoms with van der Waals surface area (Å²) in [5, 5.41) is -0.919. The summed E-state index contributed by atoms with van der Waals surface area (Å²) in [6, 6.07) is 0. The van der Waals surface area contributed by atoms with Crippen LogP contribution in [-0.4, -0.2) is 9.91 Å². The van der Waals surface area contributed by atoms with Gasteiger partial charge in [0, 0.05) is 0 Å². The van der Waals surface area contributed by atoms with E-state index in [0.29, 0.717) is 0 Å². The molecule has 2 unspecified atom stereocenters. The SMILES string of the molecule is CC(Br)C(F)Br. The molecule has 0 N–H and O–H groups in total. The Hall–Kier alpha value is 0.890. The Bertz CT molecular complexity index is 29.8. The second-order valence-electron chi connectivity index (χ2n) is 1.01. The molecular weight excluding hydrogens is 215 g/mol. The van der Waals surface area contributed by atoms with Gasteiger partial charge in [-0.2, -0.15) is 0 Å². The maximum Gasteiger partial charge on any atom is 0.167 e. The van der Waals surface area contributed by atoms with Gasteiger partial charge < -0.3 is 0 Å². The van der Waals surface area contributed by atoms with Gasteiger partial charge >= 0.3 is 0 Å². The molecule has 0 nitrogen and oxygen atoms in total. The first-order valence-corrected chi connectivity index (χ1v) is 3.40. The van der Waals surface area contributed by atoms with E-state index in [9.17, 15) is 4.39 Å². The summed E-state index contributed by atoms with van der Waals surface area (Å²) in [4.78, 5) is -0.0856. The molecule has 0 aliphatic rings. The van der Waals surface area contributed by atoms with E-state index in [-0.39, 0.29) is 4.83 Å². The van der Waals surface area contributed by atoms with Crippen molar-refractivity contribution in [2.45, 2.75) is 16.8 Å². The van der Waals surface area contributed by atoms with E-state index >= 15 is 0 Å². The van der Waals surface area contributed by atoms with Crippen molar-refractivity contribution in [1.29, 1.82) is 0 Å². The minimum atomic E-state index is -0.919. The van der Waals surface area contributed by atoms with E-state index in [2.05, 4.69) is 31.9 Å². The highest BCUT2D eigenvalue weighted by molar-refractivity contribution is 9.12. The van der Waals surface area contributed by atoms with Crippen molar-refractivity contribution in [3.05, 3.63) is 0 Å². The average molecular weight is 220 g/mol. The highest BCUT2D eigenvalue weighted by Crippen LogP contribution is 2.13. The van der Waals surface area contributed by atoms with Gasteiger partial charge in [-0.3, -0.25) is 0 Å². The Morgan fingerprint density at radius 2 is 1.67 bits per heavy atom. The van der Waals surface area contributed by atoms with Crippen LogP contribution in [0.4, 0.5) is 4.39 Å². The molecule has 0 fully saturated rings. The van der Waals surface area contributed by atoms with Gasteiger partial charge in [-0.1, -0.05) is 31.9 Å². The fourth-order valence-corrected chi connectivity index (χ4v) is 0. The summed E-state index contributed by atoms with van der Waals surface area (Å²) >= 11 is 5.74. The molecule has 0 saturated heterocycles. The zero-order chi connectivity index (χ0) is 5.15. The third-order valence-corrected chi connectivity index (χ3v) is 2.31.